The van der Waals surface area contributed by atoms with Gasteiger partial charge in [0, 0.05) is 17.6 Å². The first-order valence-electron chi connectivity index (χ1n) is 6.10. The first-order chi connectivity index (χ1) is 8.33. The molecule has 3 rings (SSSR count). The Morgan fingerprint density at radius 1 is 1.18 bits per heavy atom. The lowest BCUT2D eigenvalue weighted by Crippen LogP contribution is -2.19. The van der Waals surface area contributed by atoms with E-state index >= 15 is 0 Å². The number of pyridine rings is 1. The molecule has 2 heteroatoms. The summed E-state index contributed by atoms with van der Waals surface area (Å²) >= 11 is 0. The highest BCUT2D eigenvalue weighted by atomic mass is 14.8. The molecule has 86 valence electrons. The van der Waals surface area contributed by atoms with Crippen LogP contribution >= 0.6 is 0 Å². The van der Waals surface area contributed by atoms with E-state index in [1.807, 2.05) is 6.92 Å². The van der Waals surface area contributed by atoms with E-state index in [0.29, 0.717) is 0 Å². The average Bonchev–Trinajstić information content (AvgIpc) is 2.39. The van der Waals surface area contributed by atoms with Crippen molar-refractivity contribution in [3.05, 3.63) is 47.7 Å². The lowest BCUT2D eigenvalue weighted by atomic mass is 9.98. The van der Waals surface area contributed by atoms with Crippen molar-refractivity contribution in [2.75, 3.05) is 13.1 Å². The fourth-order valence-electron chi connectivity index (χ4n) is 2.31. The number of hydrogen-bond donors (Lipinski definition) is 1. The molecule has 17 heavy (non-hydrogen) atoms. The Morgan fingerprint density at radius 2 is 2.12 bits per heavy atom. The predicted molar refractivity (Wildman–Crippen MR) is 71.9 cm³/mol. The number of fused-ring (bicyclic) bond motifs is 1. The van der Waals surface area contributed by atoms with E-state index in [4.69, 9.17) is 0 Å². The van der Waals surface area contributed by atoms with Crippen molar-refractivity contribution in [3.8, 4) is 0 Å². The Bertz CT molecular complexity index is 584. The summed E-state index contributed by atoms with van der Waals surface area (Å²) in [6, 6.07) is 10.8. The first kappa shape index (κ1) is 10.5. The van der Waals surface area contributed by atoms with Gasteiger partial charge in [0.2, 0.25) is 0 Å². The van der Waals surface area contributed by atoms with Gasteiger partial charge in [0.25, 0.3) is 0 Å². The molecule has 0 radical (unpaired) electrons. The monoisotopic (exact) mass is 224 g/mol. The SMILES string of the molecule is Cc1ccc2cc(C3=CCNCC3)ccc2n1. The van der Waals surface area contributed by atoms with Crippen LogP contribution in [0, 0.1) is 6.92 Å². The number of nitrogens with zero attached hydrogens (tertiary/aromatic N) is 1. The smallest absolute Gasteiger partial charge is 0.0705 e. The van der Waals surface area contributed by atoms with Gasteiger partial charge < -0.3 is 5.32 Å². The minimum Gasteiger partial charge on any atom is -0.313 e. The molecule has 1 N–H and O–H groups in total. The summed E-state index contributed by atoms with van der Waals surface area (Å²) in [5.41, 5.74) is 4.95. The van der Waals surface area contributed by atoms with Crippen LogP contribution in [0.15, 0.2) is 36.4 Å². The molecular weight excluding hydrogens is 208 g/mol. The molecule has 1 aromatic carbocycles. The minimum absolute atomic E-state index is 0.986. The van der Waals surface area contributed by atoms with Crippen LogP contribution in [-0.2, 0) is 0 Å². The highest BCUT2D eigenvalue weighted by molar-refractivity contribution is 5.83. The van der Waals surface area contributed by atoms with Crippen LogP contribution in [0.25, 0.3) is 16.5 Å². The Hall–Kier alpha value is -1.67. The second kappa shape index (κ2) is 4.30. The molecule has 1 aliphatic rings. The van der Waals surface area contributed by atoms with Crippen LogP contribution in [0.2, 0.25) is 0 Å². The number of aromatic nitrogens is 1. The molecule has 1 aliphatic heterocycles. The fourth-order valence-corrected chi connectivity index (χ4v) is 2.31. The topological polar surface area (TPSA) is 24.9 Å². The fraction of sp³-hybridized carbons (Fsp3) is 0.267. The van der Waals surface area contributed by atoms with E-state index in [1.54, 1.807) is 0 Å². The Kier molecular flexibility index (Phi) is 2.65. The highest BCUT2D eigenvalue weighted by Gasteiger charge is 2.06. The Labute approximate surface area is 101 Å². The molecule has 0 atom stereocenters. The van der Waals surface area contributed by atoms with Crippen molar-refractivity contribution >= 4 is 16.5 Å². The maximum absolute atomic E-state index is 4.53. The summed E-state index contributed by atoms with van der Waals surface area (Å²) in [5, 5.41) is 4.57. The maximum Gasteiger partial charge on any atom is 0.0705 e. The van der Waals surface area contributed by atoms with Crippen LogP contribution in [0.4, 0.5) is 0 Å². The summed E-state index contributed by atoms with van der Waals surface area (Å²) in [6.45, 7) is 4.10. The molecular formula is C15H16N2. The van der Waals surface area contributed by atoms with E-state index < -0.39 is 0 Å². The zero-order valence-corrected chi connectivity index (χ0v) is 10.0. The van der Waals surface area contributed by atoms with Gasteiger partial charge in [0.1, 0.15) is 0 Å². The minimum atomic E-state index is 0.986. The van der Waals surface area contributed by atoms with Crippen LogP contribution in [0.1, 0.15) is 17.7 Å². The molecule has 0 amide bonds. The molecule has 0 bridgehead atoms. The number of rotatable bonds is 1. The second-order valence-corrected chi connectivity index (χ2v) is 4.54. The third kappa shape index (κ3) is 2.08. The number of nitrogens with one attached hydrogen (secondary N) is 1. The van der Waals surface area contributed by atoms with Gasteiger partial charge in [-0.05, 0) is 49.2 Å². The highest BCUT2D eigenvalue weighted by Crippen LogP contribution is 2.23. The molecule has 0 spiro atoms. The lowest BCUT2D eigenvalue weighted by Gasteiger charge is -2.14. The Balaban J connectivity index is 2.07. The van der Waals surface area contributed by atoms with E-state index in [2.05, 4.69) is 46.7 Å². The maximum atomic E-state index is 4.53. The van der Waals surface area contributed by atoms with Gasteiger partial charge in [0.05, 0.1) is 5.52 Å². The molecule has 0 unspecified atom stereocenters. The van der Waals surface area contributed by atoms with E-state index in [-0.39, 0.29) is 0 Å². The summed E-state index contributed by atoms with van der Waals surface area (Å²) in [5.74, 6) is 0. The lowest BCUT2D eigenvalue weighted by molar-refractivity contribution is 0.739. The molecule has 0 saturated heterocycles. The second-order valence-electron chi connectivity index (χ2n) is 4.54. The quantitative estimate of drug-likeness (QED) is 0.805. The molecule has 0 aliphatic carbocycles. The van der Waals surface area contributed by atoms with Gasteiger partial charge in [-0.25, -0.2) is 0 Å². The zero-order valence-electron chi connectivity index (χ0n) is 10.0. The average molecular weight is 224 g/mol. The van der Waals surface area contributed by atoms with Crippen LogP contribution in [-0.4, -0.2) is 18.1 Å². The molecule has 2 nitrogen and oxygen atoms in total. The standard InChI is InChI=1S/C15H16N2/c1-11-2-3-14-10-13(4-5-15(14)17-11)12-6-8-16-9-7-12/h2-6,10,16H,7-9H2,1H3. The molecule has 2 aromatic rings. The number of hydrogen-bond acceptors (Lipinski definition) is 2. The van der Waals surface area contributed by atoms with E-state index in [1.165, 1.54) is 16.5 Å². The van der Waals surface area contributed by atoms with Gasteiger partial charge in [-0.15, -0.1) is 0 Å². The van der Waals surface area contributed by atoms with Crippen LogP contribution in [0.5, 0.6) is 0 Å². The molecule has 0 saturated carbocycles. The third-order valence-electron chi connectivity index (χ3n) is 3.26. The predicted octanol–water partition coefficient (Wildman–Crippen LogP) is 2.92. The van der Waals surface area contributed by atoms with Crippen molar-refractivity contribution < 1.29 is 0 Å². The van der Waals surface area contributed by atoms with Crippen molar-refractivity contribution in [1.29, 1.82) is 0 Å². The molecule has 0 fully saturated rings. The number of benzene rings is 1. The van der Waals surface area contributed by atoms with Crippen molar-refractivity contribution in [1.82, 2.24) is 10.3 Å². The van der Waals surface area contributed by atoms with Crippen molar-refractivity contribution in [2.45, 2.75) is 13.3 Å². The molecule has 2 heterocycles. The zero-order chi connectivity index (χ0) is 11.7. The largest absolute Gasteiger partial charge is 0.313 e. The Morgan fingerprint density at radius 3 is 2.94 bits per heavy atom. The summed E-state index contributed by atoms with van der Waals surface area (Å²) in [6.07, 6.45) is 3.40. The van der Waals surface area contributed by atoms with Gasteiger partial charge in [-0.2, -0.15) is 0 Å². The van der Waals surface area contributed by atoms with Crippen molar-refractivity contribution in [3.63, 3.8) is 0 Å². The molecule has 1 aromatic heterocycles. The normalized spacial score (nSPS) is 15.9. The van der Waals surface area contributed by atoms with Crippen molar-refractivity contribution in [2.24, 2.45) is 0 Å². The summed E-state index contributed by atoms with van der Waals surface area (Å²) in [7, 11) is 0. The van der Waals surface area contributed by atoms with Crippen LogP contribution < -0.4 is 5.32 Å². The summed E-state index contributed by atoms with van der Waals surface area (Å²) < 4.78 is 0. The van der Waals surface area contributed by atoms with Gasteiger partial charge in [-0.3, -0.25) is 4.98 Å². The van der Waals surface area contributed by atoms with E-state index in [9.17, 15) is 0 Å². The summed E-state index contributed by atoms with van der Waals surface area (Å²) in [4.78, 5) is 4.53. The third-order valence-corrected chi connectivity index (χ3v) is 3.26. The number of aryl methyl sites for hydroxylation is 1. The van der Waals surface area contributed by atoms with E-state index in [0.717, 1.165) is 30.7 Å². The van der Waals surface area contributed by atoms with Gasteiger partial charge >= 0.3 is 0 Å². The van der Waals surface area contributed by atoms with Gasteiger partial charge in [-0.1, -0.05) is 18.2 Å². The van der Waals surface area contributed by atoms with Gasteiger partial charge in [0.15, 0.2) is 0 Å². The van der Waals surface area contributed by atoms with Crippen LogP contribution in [0.3, 0.4) is 0 Å². The first-order valence-corrected chi connectivity index (χ1v) is 6.10.